The van der Waals surface area contributed by atoms with Crippen LogP contribution in [0.15, 0.2) is 0 Å². The van der Waals surface area contributed by atoms with E-state index in [0.29, 0.717) is 12.0 Å². The second-order valence-electron chi connectivity index (χ2n) is 6.53. The Balaban J connectivity index is 1.87. The summed E-state index contributed by atoms with van der Waals surface area (Å²) in [6.07, 6.45) is 4.71. The maximum atomic E-state index is 12.1. The summed E-state index contributed by atoms with van der Waals surface area (Å²) in [6.45, 7) is 8.60. The molecule has 0 aliphatic carbocycles. The Morgan fingerprint density at radius 1 is 1.28 bits per heavy atom. The van der Waals surface area contributed by atoms with Crippen LogP contribution in [0.1, 0.15) is 46.5 Å². The predicted molar refractivity (Wildman–Crippen MR) is 71.6 cm³/mol. The molecule has 2 aliphatic rings. The van der Waals surface area contributed by atoms with E-state index < -0.39 is 5.60 Å². The Morgan fingerprint density at radius 2 is 2.06 bits per heavy atom. The second kappa shape index (κ2) is 5.47. The molecule has 2 atom stereocenters. The van der Waals surface area contributed by atoms with Crippen LogP contribution in [0.5, 0.6) is 0 Å². The van der Waals surface area contributed by atoms with Crippen molar-refractivity contribution < 1.29 is 9.53 Å². The molecular formula is C14H26N2O2. The third-order valence-corrected chi connectivity index (χ3v) is 3.78. The van der Waals surface area contributed by atoms with Crippen LogP contribution in [0.25, 0.3) is 0 Å². The van der Waals surface area contributed by atoms with Crippen molar-refractivity contribution in [3.63, 3.8) is 0 Å². The zero-order valence-electron chi connectivity index (χ0n) is 11.9. The standard InChI is InChI=1S/C14H26N2O2/c1-14(2,3)18-13(17)16-9-5-6-11(10-16)12-7-4-8-15-12/h11-12,15H,4-10H2,1-3H3. The van der Waals surface area contributed by atoms with Gasteiger partial charge in [-0.05, 0) is 58.9 Å². The highest BCUT2D eigenvalue weighted by Gasteiger charge is 2.32. The molecule has 0 radical (unpaired) electrons. The number of likely N-dealkylation sites (tertiary alicyclic amines) is 1. The van der Waals surface area contributed by atoms with E-state index in [-0.39, 0.29) is 6.09 Å². The van der Waals surface area contributed by atoms with Gasteiger partial charge in [-0.15, -0.1) is 0 Å². The SMILES string of the molecule is CC(C)(C)OC(=O)N1CCCC(C2CCCN2)C1. The first-order chi connectivity index (χ1) is 8.46. The summed E-state index contributed by atoms with van der Waals surface area (Å²) < 4.78 is 5.45. The minimum Gasteiger partial charge on any atom is -0.444 e. The Morgan fingerprint density at radius 3 is 2.67 bits per heavy atom. The zero-order chi connectivity index (χ0) is 13.2. The molecule has 2 unspecified atom stereocenters. The molecule has 4 nitrogen and oxygen atoms in total. The molecule has 1 N–H and O–H groups in total. The number of hydrogen-bond donors (Lipinski definition) is 1. The van der Waals surface area contributed by atoms with Crippen LogP contribution in [-0.2, 0) is 4.74 Å². The highest BCUT2D eigenvalue weighted by molar-refractivity contribution is 5.68. The van der Waals surface area contributed by atoms with Crippen molar-refractivity contribution >= 4 is 6.09 Å². The maximum Gasteiger partial charge on any atom is 0.410 e. The van der Waals surface area contributed by atoms with Crippen molar-refractivity contribution in [1.82, 2.24) is 10.2 Å². The predicted octanol–water partition coefficient (Wildman–Crippen LogP) is 2.39. The molecule has 18 heavy (non-hydrogen) atoms. The van der Waals surface area contributed by atoms with Gasteiger partial charge in [0, 0.05) is 19.1 Å². The Labute approximate surface area is 110 Å². The van der Waals surface area contributed by atoms with E-state index in [2.05, 4.69) is 5.32 Å². The van der Waals surface area contributed by atoms with E-state index in [4.69, 9.17) is 4.74 Å². The number of nitrogens with zero attached hydrogens (tertiary/aromatic N) is 1. The lowest BCUT2D eigenvalue weighted by Crippen LogP contribution is -2.47. The molecule has 0 aromatic rings. The van der Waals surface area contributed by atoms with Gasteiger partial charge in [0.15, 0.2) is 0 Å². The van der Waals surface area contributed by atoms with E-state index in [1.54, 1.807) is 0 Å². The number of carbonyl (C=O) groups is 1. The van der Waals surface area contributed by atoms with E-state index in [1.165, 1.54) is 19.3 Å². The summed E-state index contributed by atoms with van der Waals surface area (Å²) in [4.78, 5) is 13.9. The van der Waals surface area contributed by atoms with Crippen molar-refractivity contribution in [2.75, 3.05) is 19.6 Å². The molecule has 2 saturated heterocycles. The molecule has 2 aliphatic heterocycles. The fourth-order valence-corrected chi connectivity index (χ4v) is 2.94. The maximum absolute atomic E-state index is 12.1. The first-order valence-electron chi connectivity index (χ1n) is 7.17. The van der Waals surface area contributed by atoms with E-state index in [9.17, 15) is 4.79 Å². The van der Waals surface area contributed by atoms with Crippen LogP contribution in [0.4, 0.5) is 4.79 Å². The Hall–Kier alpha value is -0.770. The largest absolute Gasteiger partial charge is 0.444 e. The summed E-state index contributed by atoms with van der Waals surface area (Å²) >= 11 is 0. The van der Waals surface area contributed by atoms with Crippen molar-refractivity contribution in [2.45, 2.75) is 58.1 Å². The summed E-state index contributed by atoms with van der Waals surface area (Å²) in [7, 11) is 0. The Kier molecular flexibility index (Phi) is 4.15. The third-order valence-electron chi connectivity index (χ3n) is 3.78. The highest BCUT2D eigenvalue weighted by Crippen LogP contribution is 2.25. The van der Waals surface area contributed by atoms with Crippen LogP contribution >= 0.6 is 0 Å². The minimum atomic E-state index is -0.393. The third kappa shape index (κ3) is 3.61. The van der Waals surface area contributed by atoms with Crippen molar-refractivity contribution in [1.29, 1.82) is 0 Å². The molecule has 0 saturated carbocycles. The number of amides is 1. The minimum absolute atomic E-state index is 0.148. The molecule has 2 rings (SSSR count). The number of rotatable bonds is 1. The first-order valence-corrected chi connectivity index (χ1v) is 7.17. The summed E-state index contributed by atoms with van der Waals surface area (Å²) in [5.41, 5.74) is -0.393. The smallest absolute Gasteiger partial charge is 0.410 e. The quantitative estimate of drug-likeness (QED) is 0.781. The fraction of sp³-hybridized carbons (Fsp3) is 0.929. The van der Waals surface area contributed by atoms with Gasteiger partial charge in [0.2, 0.25) is 0 Å². The van der Waals surface area contributed by atoms with Gasteiger partial charge in [-0.1, -0.05) is 0 Å². The molecule has 104 valence electrons. The zero-order valence-corrected chi connectivity index (χ0v) is 11.9. The molecular weight excluding hydrogens is 228 g/mol. The van der Waals surface area contributed by atoms with Crippen molar-refractivity contribution in [3.05, 3.63) is 0 Å². The average molecular weight is 254 g/mol. The second-order valence-corrected chi connectivity index (χ2v) is 6.53. The number of hydrogen-bond acceptors (Lipinski definition) is 3. The van der Waals surface area contributed by atoms with Gasteiger partial charge in [-0.25, -0.2) is 4.79 Å². The summed E-state index contributed by atoms with van der Waals surface area (Å²) in [5, 5.41) is 3.56. The van der Waals surface area contributed by atoms with Gasteiger partial charge < -0.3 is 15.0 Å². The van der Waals surface area contributed by atoms with Crippen LogP contribution in [-0.4, -0.2) is 42.3 Å². The highest BCUT2D eigenvalue weighted by atomic mass is 16.6. The molecule has 0 bridgehead atoms. The lowest BCUT2D eigenvalue weighted by Gasteiger charge is -2.36. The molecule has 1 amide bonds. The van der Waals surface area contributed by atoms with Crippen LogP contribution < -0.4 is 5.32 Å². The van der Waals surface area contributed by atoms with Gasteiger partial charge in [0.05, 0.1) is 0 Å². The molecule has 2 fully saturated rings. The van der Waals surface area contributed by atoms with E-state index in [0.717, 1.165) is 26.1 Å². The first kappa shape index (κ1) is 13.7. The molecule has 0 spiro atoms. The number of piperidine rings is 1. The normalized spacial score (nSPS) is 29.4. The summed E-state index contributed by atoms with van der Waals surface area (Å²) in [5.74, 6) is 0.605. The molecule has 4 heteroatoms. The molecule has 0 aromatic heterocycles. The van der Waals surface area contributed by atoms with Gasteiger partial charge >= 0.3 is 6.09 Å². The fourth-order valence-electron chi connectivity index (χ4n) is 2.94. The monoisotopic (exact) mass is 254 g/mol. The van der Waals surface area contributed by atoms with Crippen molar-refractivity contribution in [3.8, 4) is 0 Å². The topological polar surface area (TPSA) is 41.6 Å². The van der Waals surface area contributed by atoms with Gasteiger partial charge in [-0.2, -0.15) is 0 Å². The van der Waals surface area contributed by atoms with E-state index in [1.807, 2.05) is 25.7 Å². The summed E-state index contributed by atoms with van der Waals surface area (Å²) in [6, 6.07) is 0.607. The van der Waals surface area contributed by atoms with Gasteiger partial charge in [-0.3, -0.25) is 0 Å². The average Bonchev–Trinajstić information content (AvgIpc) is 2.80. The molecule has 0 aromatic carbocycles. The van der Waals surface area contributed by atoms with Crippen LogP contribution in [0.2, 0.25) is 0 Å². The van der Waals surface area contributed by atoms with Crippen LogP contribution in [0.3, 0.4) is 0 Å². The number of ether oxygens (including phenoxy) is 1. The number of carbonyl (C=O) groups excluding carboxylic acids is 1. The lowest BCUT2D eigenvalue weighted by atomic mass is 9.90. The number of nitrogens with one attached hydrogen (secondary N) is 1. The molecule has 2 heterocycles. The van der Waals surface area contributed by atoms with Gasteiger partial charge in [0.25, 0.3) is 0 Å². The van der Waals surface area contributed by atoms with Crippen molar-refractivity contribution in [2.24, 2.45) is 5.92 Å². The van der Waals surface area contributed by atoms with Gasteiger partial charge in [0.1, 0.15) is 5.60 Å². The Bertz CT molecular complexity index is 293. The van der Waals surface area contributed by atoms with Crippen LogP contribution in [0, 0.1) is 5.92 Å². The van der Waals surface area contributed by atoms with E-state index >= 15 is 0 Å². The lowest BCUT2D eigenvalue weighted by molar-refractivity contribution is 0.0148.